The molecule has 0 bridgehead atoms. The van der Waals surface area contributed by atoms with Gasteiger partial charge in [-0.15, -0.1) is 0 Å². The fourth-order valence-corrected chi connectivity index (χ4v) is 11.4. The molecule has 71 heavy (non-hydrogen) atoms. The Morgan fingerprint density at radius 2 is 1.25 bits per heavy atom. The van der Waals surface area contributed by atoms with Crippen molar-refractivity contribution in [1.82, 2.24) is 36.8 Å². The van der Waals surface area contributed by atoms with Crippen molar-refractivity contribution in [1.29, 1.82) is 0 Å². The standard InChI is InChI=1S/C56H79N7O7S/c1-34(57-8)50(66)61-48(56(6,7)71-29-28-64)47(65)32-40(52(68)59-44-22-14-18-38-16-10-12-20-42(38)44)30-36-24-26-37(27-25-36)41-31-46(53(69)60-45-23-15-19-39-17-11-13-21-43(39)45)63(33-41)54(70)49(55(3,4)5)62-51(67)35(2)58-9/h10-13,16-17,20-21,24-27,34-35,40-41,44-46,48-49,57-58,64H,14-15,18-19,22-23,28-33H2,1-9H3,(H,59,68)(H,60,69)(H,61,66)(H,62,67)/t34-,35-,40+,41?,44?,45?,46-,48+,49+/m0/s1. The van der Waals surface area contributed by atoms with E-state index in [2.05, 4.69) is 56.2 Å². The van der Waals surface area contributed by atoms with E-state index in [1.807, 2.05) is 83.1 Å². The van der Waals surface area contributed by atoms with Gasteiger partial charge in [0.1, 0.15) is 18.1 Å². The number of fused-ring (bicyclic) bond motifs is 2. The molecule has 5 amide bonds. The molecule has 1 heterocycles. The number of thioether (sulfide) groups is 1. The molecule has 15 heteroatoms. The molecule has 0 saturated carbocycles. The van der Waals surface area contributed by atoms with Gasteiger partial charge in [0, 0.05) is 35.3 Å². The number of aliphatic hydroxyl groups excluding tert-OH is 1. The van der Waals surface area contributed by atoms with E-state index in [0.29, 0.717) is 12.2 Å². The molecule has 386 valence electrons. The van der Waals surface area contributed by atoms with Crippen LogP contribution in [0.25, 0.3) is 0 Å². The number of likely N-dealkylation sites (tertiary alicyclic amines) is 1. The van der Waals surface area contributed by atoms with Crippen LogP contribution >= 0.6 is 11.8 Å². The Morgan fingerprint density at radius 1 is 0.718 bits per heavy atom. The van der Waals surface area contributed by atoms with E-state index in [4.69, 9.17) is 0 Å². The first-order chi connectivity index (χ1) is 33.8. The van der Waals surface area contributed by atoms with Crippen LogP contribution in [0.3, 0.4) is 0 Å². The van der Waals surface area contributed by atoms with Gasteiger partial charge in [-0.05, 0) is 132 Å². The molecular formula is C56H79N7O7S. The second-order valence-corrected chi connectivity index (χ2v) is 23.3. The van der Waals surface area contributed by atoms with Gasteiger partial charge in [-0.3, -0.25) is 28.8 Å². The molecule has 1 fully saturated rings. The summed E-state index contributed by atoms with van der Waals surface area (Å²) in [5.41, 5.74) is 5.67. The van der Waals surface area contributed by atoms with Crippen molar-refractivity contribution in [2.45, 2.75) is 159 Å². The molecule has 7 N–H and O–H groups in total. The second-order valence-electron chi connectivity index (χ2n) is 21.5. The minimum atomic E-state index is -0.945. The monoisotopic (exact) mass is 994 g/mol. The number of Topliss-reactive ketones (excluding diaryl/α,β-unsaturated/α-hetero) is 1. The maximum atomic E-state index is 14.8. The molecule has 9 atom stereocenters. The highest BCUT2D eigenvalue weighted by Crippen LogP contribution is 2.37. The molecule has 14 nitrogen and oxygen atoms in total. The largest absolute Gasteiger partial charge is 0.396 e. The highest BCUT2D eigenvalue weighted by Gasteiger charge is 2.46. The first-order valence-electron chi connectivity index (χ1n) is 25.6. The molecule has 2 aliphatic carbocycles. The summed E-state index contributed by atoms with van der Waals surface area (Å²) in [6.45, 7) is 13.1. The zero-order valence-electron chi connectivity index (χ0n) is 43.4. The highest BCUT2D eigenvalue weighted by molar-refractivity contribution is 8.00. The van der Waals surface area contributed by atoms with Crippen LogP contribution < -0.4 is 31.9 Å². The van der Waals surface area contributed by atoms with E-state index in [1.54, 1.807) is 32.8 Å². The Balaban J connectivity index is 1.28. The van der Waals surface area contributed by atoms with Gasteiger partial charge in [-0.25, -0.2) is 0 Å². The molecule has 3 aromatic rings. The van der Waals surface area contributed by atoms with E-state index in [-0.39, 0.29) is 79.3 Å². The van der Waals surface area contributed by atoms with Crippen molar-refractivity contribution < 1.29 is 33.9 Å². The van der Waals surface area contributed by atoms with Crippen LogP contribution in [0.15, 0.2) is 72.8 Å². The maximum Gasteiger partial charge on any atom is 0.246 e. The number of carbonyl (C=O) groups is 6. The van der Waals surface area contributed by atoms with Crippen molar-refractivity contribution in [2.24, 2.45) is 11.3 Å². The molecule has 3 unspecified atom stereocenters. The van der Waals surface area contributed by atoms with Crippen molar-refractivity contribution in [3.05, 3.63) is 106 Å². The SMILES string of the molecule is CN[C@@H](C)C(=O)N[C@H](C(=O)N1CC(c2ccc(C[C@H](CC(=O)[C@@H](NC(=O)[C@H](C)NC)C(C)(C)SCCO)C(=O)NC3CCCc4ccccc43)cc2)C[C@H]1C(=O)NC1CCCc2ccccc21)C(C)(C)C. The third-order valence-electron chi connectivity index (χ3n) is 14.9. The Morgan fingerprint density at radius 3 is 1.79 bits per heavy atom. The lowest BCUT2D eigenvalue weighted by Gasteiger charge is -2.36. The number of benzene rings is 3. The van der Waals surface area contributed by atoms with E-state index in [9.17, 15) is 33.9 Å². The van der Waals surface area contributed by atoms with Crippen LogP contribution in [0.4, 0.5) is 0 Å². The maximum absolute atomic E-state index is 14.8. The predicted octanol–water partition coefficient (Wildman–Crippen LogP) is 5.61. The van der Waals surface area contributed by atoms with Gasteiger partial charge in [0.15, 0.2) is 5.78 Å². The number of nitrogens with one attached hydrogen (secondary N) is 6. The van der Waals surface area contributed by atoms with Crippen LogP contribution in [0.5, 0.6) is 0 Å². The first kappa shape index (κ1) is 55.2. The summed E-state index contributed by atoms with van der Waals surface area (Å²) in [5.74, 6) is -2.35. The fourth-order valence-electron chi connectivity index (χ4n) is 10.4. The van der Waals surface area contributed by atoms with Gasteiger partial charge in [0.05, 0.1) is 30.8 Å². The first-order valence-corrected chi connectivity index (χ1v) is 26.6. The smallest absolute Gasteiger partial charge is 0.246 e. The fraction of sp³-hybridized carbons (Fsp3) is 0.571. The van der Waals surface area contributed by atoms with Crippen LogP contribution in [0.2, 0.25) is 0 Å². The molecule has 1 aliphatic heterocycles. The summed E-state index contributed by atoms with van der Waals surface area (Å²) < 4.78 is -0.802. The third-order valence-corrected chi connectivity index (χ3v) is 16.3. The molecule has 0 spiro atoms. The average Bonchev–Trinajstić information content (AvgIpc) is 3.81. The van der Waals surface area contributed by atoms with E-state index >= 15 is 0 Å². The summed E-state index contributed by atoms with van der Waals surface area (Å²) in [5, 5.41) is 28.2. The van der Waals surface area contributed by atoms with Gasteiger partial charge < -0.3 is 41.9 Å². The number of nitrogens with zero attached hydrogens (tertiary/aromatic N) is 1. The Hall–Kier alpha value is -5.09. The van der Waals surface area contributed by atoms with Crippen LogP contribution in [0, 0.1) is 11.3 Å². The molecule has 6 rings (SSSR count). The number of hydrogen-bond acceptors (Lipinski definition) is 10. The molecule has 3 aliphatic rings. The quantitative estimate of drug-likeness (QED) is 0.0705. The van der Waals surface area contributed by atoms with Gasteiger partial charge >= 0.3 is 0 Å². The van der Waals surface area contributed by atoms with Gasteiger partial charge in [-0.1, -0.05) is 93.6 Å². The molecule has 0 aromatic heterocycles. The zero-order chi connectivity index (χ0) is 51.6. The Kier molecular flexibility index (Phi) is 19.1. The predicted molar refractivity (Wildman–Crippen MR) is 281 cm³/mol. The van der Waals surface area contributed by atoms with Crippen LogP contribution in [-0.2, 0) is 48.0 Å². The topological polar surface area (TPSA) is 198 Å². The van der Waals surface area contributed by atoms with Crippen molar-refractivity contribution in [3.63, 3.8) is 0 Å². The molecule has 3 aromatic carbocycles. The minimum Gasteiger partial charge on any atom is -0.396 e. The molecule has 1 saturated heterocycles. The zero-order valence-corrected chi connectivity index (χ0v) is 44.2. The number of ketones is 1. The normalized spacial score (nSPS) is 21.1. The van der Waals surface area contributed by atoms with Crippen LogP contribution in [-0.4, -0.2) is 113 Å². The summed E-state index contributed by atoms with van der Waals surface area (Å²) in [7, 11) is 3.36. The van der Waals surface area contributed by atoms with Gasteiger partial charge in [0.2, 0.25) is 29.5 Å². The van der Waals surface area contributed by atoms with Gasteiger partial charge in [0.25, 0.3) is 0 Å². The summed E-state index contributed by atoms with van der Waals surface area (Å²) in [4.78, 5) is 86.9. The lowest BCUT2D eigenvalue weighted by atomic mass is 9.85. The van der Waals surface area contributed by atoms with E-state index < -0.39 is 46.3 Å². The number of carbonyl (C=O) groups excluding carboxylic acids is 6. The summed E-state index contributed by atoms with van der Waals surface area (Å²) in [6, 6.07) is 20.1. The Labute approximate surface area is 425 Å². The number of aryl methyl sites for hydroxylation is 2. The third kappa shape index (κ3) is 13.9. The number of hydrogen-bond donors (Lipinski definition) is 7. The summed E-state index contributed by atoms with van der Waals surface area (Å²) >= 11 is 1.39. The van der Waals surface area contributed by atoms with E-state index in [0.717, 1.165) is 60.8 Å². The number of rotatable bonds is 21. The number of likely N-dealkylation sites (N-methyl/N-ethyl adjacent to an activating group) is 2. The van der Waals surface area contributed by atoms with Gasteiger partial charge in [-0.2, -0.15) is 11.8 Å². The lowest BCUT2D eigenvalue weighted by Crippen LogP contribution is -2.59. The number of aliphatic hydroxyl groups is 1. The highest BCUT2D eigenvalue weighted by atomic mass is 32.2. The van der Waals surface area contributed by atoms with Crippen LogP contribution in [0.1, 0.15) is 138 Å². The molecule has 0 radical (unpaired) electrons. The molecular weight excluding hydrogens is 915 g/mol. The number of amides is 5. The summed E-state index contributed by atoms with van der Waals surface area (Å²) in [6.07, 6.45) is 5.78. The van der Waals surface area contributed by atoms with Crippen molar-refractivity contribution >= 4 is 47.1 Å². The van der Waals surface area contributed by atoms with Crippen molar-refractivity contribution in [2.75, 3.05) is 33.0 Å². The average molecular weight is 994 g/mol. The second kappa shape index (κ2) is 24.6. The lowest BCUT2D eigenvalue weighted by molar-refractivity contribution is -0.144. The van der Waals surface area contributed by atoms with Crippen molar-refractivity contribution in [3.8, 4) is 0 Å². The van der Waals surface area contributed by atoms with E-state index in [1.165, 1.54) is 22.9 Å². The minimum absolute atomic E-state index is 0.0930. The Bertz CT molecular complexity index is 2350.